The van der Waals surface area contributed by atoms with Crippen molar-refractivity contribution in [3.05, 3.63) is 95.2 Å². The maximum Gasteiger partial charge on any atom is 0.416 e. The molecule has 4 aromatic rings. The van der Waals surface area contributed by atoms with Gasteiger partial charge in [-0.25, -0.2) is 0 Å². The van der Waals surface area contributed by atoms with E-state index in [2.05, 4.69) is 10.3 Å². The van der Waals surface area contributed by atoms with Crippen molar-refractivity contribution in [3.63, 3.8) is 0 Å². The lowest BCUT2D eigenvalue weighted by atomic mass is 9.87. The molecular weight excluding hydrogens is 469 g/mol. The number of H-pyrrole nitrogens is 1. The van der Waals surface area contributed by atoms with Gasteiger partial charge in [0.1, 0.15) is 0 Å². The van der Waals surface area contributed by atoms with E-state index in [1.165, 1.54) is 6.07 Å². The Labute approximate surface area is 207 Å². The number of benzene rings is 3. The van der Waals surface area contributed by atoms with Crippen LogP contribution in [0.15, 0.2) is 72.9 Å². The topological polar surface area (TPSA) is 63.3 Å². The quantitative estimate of drug-likeness (QED) is 0.295. The fourth-order valence-electron chi connectivity index (χ4n) is 4.36. The molecule has 3 aromatic carbocycles. The Morgan fingerprint density at radius 3 is 2.50 bits per heavy atom. The van der Waals surface area contributed by atoms with Gasteiger partial charge < -0.3 is 19.8 Å². The molecule has 8 heteroatoms. The van der Waals surface area contributed by atoms with Crippen molar-refractivity contribution >= 4 is 16.8 Å². The van der Waals surface area contributed by atoms with Crippen LogP contribution in [-0.4, -0.2) is 31.7 Å². The van der Waals surface area contributed by atoms with Gasteiger partial charge in [-0.05, 0) is 47.4 Å². The number of carbonyl (C=O) groups excluding carboxylic acids is 1. The van der Waals surface area contributed by atoms with Crippen LogP contribution in [0, 0.1) is 0 Å². The molecule has 0 aliphatic rings. The van der Waals surface area contributed by atoms with Crippen LogP contribution in [0.25, 0.3) is 10.9 Å². The first-order valence-electron chi connectivity index (χ1n) is 11.5. The molecule has 0 aliphatic heterocycles. The van der Waals surface area contributed by atoms with Crippen molar-refractivity contribution < 1.29 is 27.4 Å². The van der Waals surface area contributed by atoms with E-state index in [9.17, 15) is 18.0 Å². The van der Waals surface area contributed by atoms with Crippen molar-refractivity contribution in [1.29, 1.82) is 0 Å². The molecule has 2 N–H and O–H groups in total. The van der Waals surface area contributed by atoms with Crippen LogP contribution < -0.4 is 14.8 Å². The maximum absolute atomic E-state index is 13.4. The van der Waals surface area contributed by atoms with E-state index in [0.29, 0.717) is 30.0 Å². The fourth-order valence-corrected chi connectivity index (χ4v) is 4.36. The Morgan fingerprint density at radius 1 is 0.972 bits per heavy atom. The largest absolute Gasteiger partial charge is 0.493 e. The highest BCUT2D eigenvalue weighted by Gasteiger charge is 2.31. The summed E-state index contributed by atoms with van der Waals surface area (Å²) in [6, 6.07) is 18.3. The molecule has 0 aliphatic carbocycles. The predicted octanol–water partition coefficient (Wildman–Crippen LogP) is 6.08. The first-order valence-corrected chi connectivity index (χ1v) is 11.5. The third kappa shape index (κ3) is 5.64. The molecule has 1 unspecified atom stereocenters. The second kappa shape index (κ2) is 10.8. The molecule has 0 spiro atoms. The van der Waals surface area contributed by atoms with Gasteiger partial charge in [0.15, 0.2) is 11.5 Å². The minimum absolute atomic E-state index is 0.00902. The number of amides is 1. The average molecular weight is 497 g/mol. The van der Waals surface area contributed by atoms with Crippen LogP contribution in [0.5, 0.6) is 11.5 Å². The summed E-state index contributed by atoms with van der Waals surface area (Å²) in [7, 11) is 3.12. The van der Waals surface area contributed by atoms with Gasteiger partial charge >= 0.3 is 6.18 Å². The summed E-state index contributed by atoms with van der Waals surface area (Å²) in [5.41, 5.74) is 2.29. The minimum atomic E-state index is -4.47. The summed E-state index contributed by atoms with van der Waals surface area (Å²) in [6.45, 7) is 0.373. The summed E-state index contributed by atoms with van der Waals surface area (Å²) < 4.78 is 50.8. The lowest BCUT2D eigenvalue weighted by Gasteiger charge is -2.19. The zero-order chi connectivity index (χ0) is 25.7. The first kappa shape index (κ1) is 25.2. The predicted molar refractivity (Wildman–Crippen MR) is 132 cm³/mol. The lowest BCUT2D eigenvalue weighted by molar-refractivity contribution is -0.137. The summed E-state index contributed by atoms with van der Waals surface area (Å²) in [4.78, 5) is 16.1. The van der Waals surface area contributed by atoms with E-state index in [-0.39, 0.29) is 12.3 Å². The minimum Gasteiger partial charge on any atom is -0.493 e. The zero-order valence-electron chi connectivity index (χ0n) is 20.0. The van der Waals surface area contributed by atoms with Crippen LogP contribution in [0.4, 0.5) is 13.2 Å². The number of aromatic nitrogens is 1. The molecule has 0 bridgehead atoms. The number of hydrogen-bond acceptors (Lipinski definition) is 3. The van der Waals surface area contributed by atoms with Gasteiger partial charge in [0.2, 0.25) is 5.91 Å². The third-order valence-electron chi connectivity index (χ3n) is 6.19. The lowest BCUT2D eigenvalue weighted by Crippen LogP contribution is -2.27. The van der Waals surface area contributed by atoms with Crippen molar-refractivity contribution in [3.8, 4) is 11.5 Å². The van der Waals surface area contributed by atoms with Crippen LogP contribution in [0.1, 0.15) is 34.6 Å². The molecule has 0 fully saturated rings. The number of carbonyl (C=O) groups is 1. The average Bonchev–Trinajstić information content (AvgIpc) is 3.30. The van der Waals surface area contributed by atoms with E-state index in [1.54, 1.807) is 32.5 Å². The number of aromatic amines is 1. The van der Waals surface area contributed by atoms with E-state index in [0.717, 1.165) is 34.2 Å². The molecule has 0 saturated carbocycles. The highest BCUT2D eigenvalue weighted by atomic mass is 19.4. The maximum atomic E-state index is 13.4. The summed E-state index contributed by atoms with van der Waals surface area (Å²) >= 11 is 0. The van der Waals surface area contributed by atoms with Crippen LogP contribution in [-0.2, 0) is 17.4 Å². The molecule has 36 heavy (non-hydrogen) atoms. The molecule has 4 rings (SSSR count). The number of ether oxygens (including phenoxy) is 2. The van der Waals surface area contributed by atoms with Gasteiger partial charge in [0, 0.05) is 36.0 Å². The Kier molecular flexibility index (Phi) is 7.52. The Hall–Kier alpha value is -3.94. The van der Waals surface area contributed by atoms with Gasteiger partial charge in [-0.15, -0.1) is 0 Å². The van der Waals surface area contributed by atoms with E-state index in [4.69, 9.17) is 9.47 Å². The molecule has 1 aromatic heterocycles. The Balaban J connectivity index is 1.53. The van der Waals surface area contributed by atoms with E-state index in [1.807, 2.05) is 36.4 Å². The smallest absolute Gasteiger partial charge is 0.416 e. The number of fused-ring (bicyclic) bond motifs is 1. The second-order valence-electron chi connectivity index (χ2n) is 8.46. The Morgan fingerprint density at radius 2 is 1.75 bits per heavy atom. The molecule has 0 radical (unpaired) electrons. The van der Waals surface area contributed by atoms with Crippen LogP contribution in [0.3, 0.4) is 0 Å². The molecule has 5 nitrogen and oxygen atoms in total. The monoisotopic (exact) mass is 496 g/mol. The van der Waals surface area contributed by atoms with E-state index < -0.39 is 17.7 Å². The molecule has 1 amide bonds. The Bertz CT molecular complexity index is 1350. The number of hydrogen-bond donors (Lipinski definition) is 2. The highest BCUT2D eigenvalue weighted by molar-refractivity contribution is 5.86. The van der Waals surface area contributed by atoms with Gasteiger partial charge in [-0.2, -0.15) is 13.2 Å². The number of methoxy groups -OCH3 is 2. The molecule has 1 heterocycles. The zero-order valence-corrected chi connectivity index (χ0v) is 20.0. The van der Waals surface area contributed by atoms with Gasteiger partial charge in [-0.3, -0.25) is 4.79 Å². The second-order valence-corrected chi connectivity index (χ2v) is 8.46. The number of nitrogens with one attached hydrogen (secondary N) is 2. The number of alkyl halides is 3. The van der Waals surface area contributed by atoms with Crippen molar-refractivity contribution in [2.45, 2.75) is 24.9 Å². The van der Waals surface area contributed by atoms with Crippen molar-refractivity contribution in [1.82, 2.24) is 10.3 Å². The first-order chi connectivity index (χ1) is 17.3. The van der Waals surface area contributed by atoms with Crippen LogP contribution in [0.2, 0.25) is 0 Å². The van der Waals surface area contributed by atoms with Gasteiger partial charge in [0.05, 0.1) is 19.8 Å². The van der Waals surface area contributed by atoms with Gasteiger partial charge in [-0.1, -0.05) is 42.5 Å². The van der Waals surface area contributed by atoms with E-state index >= 15 is 0 Å². The summed E-state index contributed by atoms with van der Waals surface area (Å²) in [5.74, 6) is 0.422. The number of para-hydroxylation sites is 1. The SMILES string of the molecule is COc1ccc(CCNC(=O)CC(c2cccc(C(F)(F)F)c2)c2c[nH]c3ccccc23)cc1OC. The summed E-state index contributed by atoms with van der Waals surface area (Å²) in [5, 5.41) is 3.78. The van der Waals surface area contributed by atoms with Gasteiger partial charge in [0.25, 0.3) is 0 Å². The third-order valence-corrected chi connectivity index (χ3v) is 6.19. The van der Waals surface area contributed by atoms with Crippen molar-refractivity contribution in [2.75, 3.05) is 20.8 Å². The molecule has 188 valence electrons. The molecule has 1 atom stereocenters. The normalized spacial score (nSPS) is 12.4. The number of rotatable bonds is 9. The highest BCUT2D eigenvalue weighted by Crippen LogP contribution is 2.37. The molecule has 0 saturated heterocycles. The van der Waals surface area contributed by atoms with Crippen molar-refractivity contribution in [2.24, 2.45) is 0 Å². The molecular formula is C28H27F3N2O3. The number of halogens is 3. The summed E-state index contributed by atoms with van der Waals surface area (Å²) in [6.07, 6.45) is -2.13. The van der Waals surface area contributed by atoms with Crippen LogP contribution >= 0.6 is 0 Å². The fraction of sp³-hybridized carbons (Fsp3) is 0.250. The standard InChI is InChI=1S/C28H27F3N2O3/c1-35-25-11-10-18(14-26(25)36-2)12-13-32-27(34)16-22(19-6-5-7-20(15-19)28(29,30)31)23-17-33-24-9-4-3-8-21(23)24/h3-11,14-15,17,22,33H,12-13,16H2,1-2H3,(H,32,34).